The van der Waals surface area contributed by atoms with Crippen molar-refractivity contribution in [2.45, 2.75) is 33.2 Å². The maximum absolute atomic E-state index is 12.4. The van der Waals surface area contributed by atoms with Crippen LogP contribution < -0.4 is 5.32 Å². The van der Waals surface area contributed by atoms with E-state index in [1.807, 2.05) is 24.3 Å². The molecule has 1 N–H and O–H groups in total. The van der Waals surface area contributed by atoms with Crippen LogP contribution in [-0.4, -0.2) is 26.5 Å². The second-order valence-electron chi connectivity index (χ2n) is 7.47. The number of carbonyl (C=O) groups excluding carboxylic acids is 2. The van der Waals surface area contributed by atoms with Crippen molar-refractivity contribution in [3.05, 3.63) is 88.3 Å². The first-order chi connectivity index (χ1) is 14.5. The van der Waals surface area contributed by atoms with Gasteiger partial charge in [-0.3, -0.25) is 14.6 Å². The van der Waals surface area contributed by atoms with E-state index in [1.54, 1.807) is 25.4 Å². The Morgan fingerprint density at radius 3 is 2.77 bits per heavy atom. The van der Waals surface area contributed by atoms with Crippen LogP contribution >= 0.6 is 0 Å². The van der Waals surface area contributed by atoms with Crippen molar-refractivity contribution in [3.8, 4) is 0 Å². The third-order valence-electron chi connectivity index (χ3n) is 5.27. The lowest BCUT2D eigenvalue weighted by Crippen LogP contribution is -2.08. The molecule has 1 aliphatic carbocycles. The zero-order chi connectivity index (χ0) is 21.1. The van der Waals surface area contributed by atoms with Gasteiger partial charge in [0.25, 0.3) is 0 Å². The number of nitrogens with zero attached hydrogens (tertiary/aromatic N) is 3. The van der Waals surface area contributed by atoms with E-state index in [0.29, 0.717) is 25.1 Å². The van der Waals surface area contributed by atoms with E-state index < -0.39 is 0 Å². The molecular weight excluding hydrogens is 376 g/mol. The van der Waals surface area contributed by atoms with Crippen LogP contribution in [0.2, 0.25) is 0 Å². The number of allylic oxidation sites excluding steroid dienone is 1. The van der Waals surface area contributed by atoms with Crippen LogP contribution in [0.5, 0.6) is 0 Å². The molecule has 30 heavy (non-hydrogen) atoms. The highest BCUT2D eigenvalue weighted by Crippen LogP contribution is 2.26. The fraction of sp³-hybridized carbons (Fsp3) is 0.208. The fourth-order valence-electron chi connectivity index (χ4n) is 3.48. The number of ketones is 2. The summed E-state index contributed by atoms with van der Waals surface area (Å²) in [6, 6.07) is 9.71. The van der Waals surface area contributed by atoms with E-state index in [-0.39, 0.29) is 11.6 Å². The maximum Gasteiger partial charge on any atom is 0.185 e. The molecule has 6 heteroatoms. The first kappa shape index (κ1) is 19.6. The maximum atomic E-state index is 12.4. The van der Waals surface area contributed by atoms with Gasteiger partial charge >= 0.3 is 0 Å². The number of anilines is 1. The molecule has 6 nitrogen and oxygen atoms in total. The lowest BCUT2D eigenvalue weighted by Gasteiger charge is -2.12. The molecule has 0 saturated heterocycles. The van der Waals surface area contributed by atoms with Gasteiger partial charge in [0.05, 0.1) is 17.6 Å². The molecule has 0 atom stereocenters. The minimum Gasteiger partial charge on any atom is -0.380 e. The van der Waals surface area contributed by atoms with Crippen molar-refractivity contribution in [3.63, 3.8) is 0 Å². The number of Topliss-reactive ketones (excluding diaryl/α,β-unsaturated/α-hetero) is 2. The Hall–Kier alpha value is -3.67. The van der Waals surface area contributed by atoms with Crippen molar-refractivity contribution in [1.29, 1.82) is 0 Å². The van der Waals surface area contributed by atoms with Crippen molar-refractivity contribution in [1.82, 2.24) is 15.0 Å². The Kier molecular flexibility index (Phi) is 5.48. The van der Waals surface area contributed by atoms with Crippen molar-refractivity contribution in [2.24, 2.45) is 0 Å². The molecule has 0 unspecified atom stereocenters. The summed E-state index contributed by atoms with van der Waals surface area (Å²) in [5.74, 6) is 0.0579. The highest BCUT2D eigenvalue weighted by molar-refractivity contribution is 6.00. The molecule has 0 saturated carbocycles. The Morgan fingerprint density at radius 2 is 2.00 bits per heavy atom. The highest BCUT2D eigenvalue weighted by atomic mass is 16.1. The molecule has 1 aromatic carbocycles. The molecule has 0 radical (unpaired) electrons. The molecule has 3 aromatic rings. The van der Waals surface area contributed by atoms with Crippen LogP contribution in [0.1, 0.15) is 45.4 Å². The molecule has 0 fully saturated rings. The van der Waals surface area contributed by atoms with Crippen LogP contribution in [-0.2, 0) is 24.2 Å². The summed E-state index contributed by atoms with van der Waals surface area (Å²) in [5.41, 5.74) is 7.26. The molecule has 1 aliphatic rings. The second-order valence-corrected chi connectivity index (χ2v) is 7.47. The predicted octanol–water partition coefficient (Wildman–Crippen LogP) is 3.75. The molecule has 0 aliphatic heterocycles. The van der Waals surface area contributed by atoms with E-state index in [1.165, 1.54) is 6.33 Å². The number of nitrogens with one attached hydrogen (secondary N) is 1. The minimum atomic E-state index is -0.0314. The smallest absolute Gasteiger partial charge is 0.185 e. The summed E-state index contributed by atoms with van der Waals surface area (Å²) in [6.45, 7) is 4.25. The third kappa shape index (κ3) is 4.33. The summed E-state index contributed by atoms with van der Waals surface area (Å²) in [5, 5.41) is 3.41. The van der Waals surface area contributed by atoms with E-state index in [0.717, 1.165) is 39.2 Å². The topological polar surface area (TPSA) is 84.8 Å². The molecular formula is C24H22N4O2. The van der Waals surface area contributed by atoms with Crippen molar-refractivity contribution < 1.29 is 9.59 Å². The first-order valence-corrected chi connectivity index (χ1v) is 9.81. The lowest BCUT2D eigenvalue weighted by molar-refractivity contribution is -0.113. The fourth-order valence-corrected chi connectivity index (χ4v) is 3.48. The van der Waals surface area contributed by atoms with Gasteiger partial charge in [-0.05, 0) is 54.3 Å². The largest absolute Gasteiger partial charge is 0.380 e. The molecule has 0 bridgehead atoms. The number of pyridine rings is 1. The third-order valence-corrected chi connectivity index (χ3v) is 5.27. The number of benzene rings is 1. The number of rotatable bonds is 7. The Bertz CT molecular complexity index is 1150. The van der Waals surface area contributed by atoms with Crippen LogP contribution in [0.25, 0.3) is 6.08 Å². The molecule has 4 rings (SSSR count). The molecule has 0 spiro atoms. The van der Waals surface area contributed by atoms with Gasteiger partial charge in [0.2, 0.25) is 0 Å². The Labute approximate surface area is 175 Å². The molecule has 150 valence electrons. The number of fused-ring (bicyclic) bond motifs is 1. The van der Waals surface area contributed by atoms with Gasteiger partial charge in [0.15, 0.2) is 11.6 Å². The van der Waals surface area contributed by atoms with E-state index >= 15 is 0 Å². The number of hydrogen-bond acceptors (Lipinski definition) is 6. The van der Waals surface area contributed by atoms with Gasteiger partial charge < -0.3 is 5.32 Å². The molecule has 2 heterocycles. The number of hydrogen-bond donors (Lipinski definition) is 1. The van der Waals surface area contributed by atoms with Gasteiger partial charge in [-0.1, -0.05) is 18.2 Å². The van der Waals surface area contributed by atoms with Crippen molar-refractivity contribution >= 4 is 23.3 Å². The molecule has 0 amide bonds. The number of aryl methyl sites for hydroxylation is 1. The summed E-state index contributed by atoms with van der Waals surface area (Å²) in [6.07, 6.45) is 7.57. The first-order valence-electron chi connectivity index (χ1n) is 9.81. The lowest BCUT2D eigenvalue weighted by atomic mass is 10.0. The summed E-state index contributed by atoms with van der Waals surface area (Å²) in [7, 11) is 0. The second kappa shape index (κ2) is 8.37. The Morgan fingerprint density at radius 1 is 1.13 bits per heavy atom. The normalized spacial score (nSPS) is 12.3. The monoisotopic (exact) mass is 398 g/mol. The average molecular weight is 398 g/mol. The predicted molar refractivity (Wildman–Crippen MR) is 115 cm³/mol. The van der Waals surface area contributed by atoms with Gasteiger partial charge in [-0.2, -0.15) is 0 Å². The van der Waals surface area contributed by atoms with Crippen LogP contribution in [0.3, 0.4) is 0 Å². The number of aromatic nitrogens is 3. The Balaban J connectivity index is 1.45. The van der Waals surface area contributed by atoms with Crippen molar-refractivity contribution in [2.75, 3.05) is 5.32 Å². The van der Waals surface area contributed by atoms with Crippen LogP contribution in [0.4, 0.5) is 5.69 Å². The van der Waals surface area contributed by atoms with Gasteiger partial charge in [-0.25, -0.2) is 9.97 Å². The van der Waals surface area contributed by atoms with Gasteiger partial charge in [0.1, 0.15) is 12.0 Å². The van der Waals surface area contributed by atoms with E-state index in [2.05, 4.69) is 33.3 Å². The SMILES string of the molecule is CC(=O)C1=Cc2cc(NCc3cc(CC(=O)c4ccncn4)ccc3C)cnc2C1. The zero-order valence-corrected chi connectivity index (χ0v) is 17.0. The van der Waals surface area contributed by atoms with E-state index in [4.69, 9.17) is 0 Å². The summed E-state index contributed by atoms with van der Waals surface area (Å²) < 4.78 is 0. The highest BCUT2D eigenvalue weighted by Gasteiger charge is 2.17. The minimum absolute atomic E-state index is 0.0314. The van der Waals surface area contributed by atoms with E-state index in [9.17, 15) is 9.59 Å². The summed E-state index contributed by atoms with van der Waals surface area (Å²) in [4.78, 5) is 36.4. The van der Waals surface area contributed by atoms with Gasteiger partial charge in [0, 0.05) is 31.2 Å². The van der Waals surface area contributed by atoms with Crippen LogP contribution in [0.15, 0.2) is 54.6 Å². The van der Waals surface area contributed by atoms with Gasteiger partial charge in [-0.15, -0.1) is 0 Å². The zero-order valence-electron chi connectivity index (χ0n) is 17.0. The quantitative estimate of drug-likeness (QED) is 0.610. The molecule has 2 aromatic heterocycles. The standard InChI is InChI=1S/C24H22N4O2/c1-15-3-4-17(8-24(30)22-5-6-25-14-28-22)7-20(15)12-26-21-10-19-9-18(16(2)29)11-23(19)27-13-21/h3-7,9-10,13-14,26H,8,11-12H2,1-2H3. The average Bonchev–Trinajstić information content (AvgIpc) is 3.18. The van der Waals surface area contributed by atoms with Crippen LogP contribution in [0, 0.1) is 6.92 Å². The summed E-state index contributed by atoms with van der Waals surface area (Å²) >= 11 is 0. The number of carbonyl (C=O) groups is 2.